The van der Waals surface area contributed by atoms with Gasteiger partial charge in [0, 0.05) is 17.1 Å². The summed E-state index contributed by atoms with van der Waals surface area (Å²) in [6.45, 7) is 5.02. The Morgan fingerprint density at radius 1 is 1.03 bits per heavy atom. The van der Waals surface area contributed by atoms with Crippen LogP contribution >= 0.6 is 11.6 Å². The van der Waals surface area contributed by atoms with Gasteiger partial charge >= 0.3 is 0 Å². The van der Waals surface area contributed by atoms with Gasteiger partial charge in [0.05, 0.1) is 38.4 Å². The first kappa shape index (κ1) is 23.2. The first-order chi connectivity index (χ1) is 15.8. The third-order valence-corrected chi connectivity index (χ3v) is 7.29. The fraction of sp³-hybridized carbons (Fsp3) is 0.231. The highest BCUT2D eigenvalue weighted by Crippen LogP contribution is 2.36. The Balaban J connectivity index is 1.77. The molecule has 0 aromatic heterocycles. The molecule has 3 aromatic rings. The minimum absolute atomic E-state index is 0.218. The van der Waals surface area contributed by atoms with Crippen molar-refractivity contribution in [1.82, 2.24) is 5.32 Å². The van der Waals surface area contributed by atoms with Gasteiger partial charge in [-0.15, -0.1) is 0 Å². The monoisotopic (exact) mass is 480 g/mol. The molecular formula is C26H25ClN2O3S. The lowest BCUT2D eigenvalue weighted by Crippen LogP contribution is -2.31. The SMILES string of the molecule is CC(C)CCNC(=O)c1ccc2c(c1)N(Cc1ccc(Cl)cc1)C(=O)c1ccccc1[S@]2=O. The summed E-state index contributed by atoms with van der Waals surface area (Å²) in [5, 5.41) is 3.53. The molecule has 0 aliphatic carbocycles. The summed E-state index contributed by atoms with van der Waals surface area (Å²) in [4.78, 5) is 28.9. The molecule has 1 aliphatic rings. The highest BCUT2D eigenvalue weighted by Gasteiger charge is 2.31. The van der Waals surface area contributed by atoms with Gasteiger partial charge in [-0.3, -0.25) is 9.59 Å². The van der Waals surface area contributed by atoms with E-state index in [0.717, 1.165) is 12.0 Å². The zero-order valence-electron chi connectivity index (χ0n) is 18.5. The highest BCUT2D eigenvalue weighted by molar-refractivity contribution is 7.85. The summed E-state index contributed by atoms with van der Waals surface area (Å²) in [5.41, 5.74) is 2.16. The molecule has 1 heterocycles. The molecule has 0 fully saturated rings. The number of nitrogens with zero attached hydrogens (tertiary/aromatic N) is 1. The minimum Gasteiger partial charge on any atom is -0.352 e. The van der Waals surface area contributed by atoms with Crippen LogP contribution in [0, 0.1) is 5.92 Å². The van der Waals surface area contributed by atoms with Crippen LogP contribution in [0.15, 0.2) is 76.5 Å². The van der Waals surface area contributed by atoms with Gasteiger partial charge in [-0.05, 0) is 60.4 Å². The summed E-state index contributed by atoms with van der Waals surface area (Å²) in [7, 11) is -1.56. The quantitative estimate of drug-likeness (QED) is 0.510. The molecule has 5 nitrogen and oxygen atoms in total. The Morgan fingerprint density at radius 3 is 2.48 bits per heavy atom. The maximum absolute atomic E-state index is 13.6. The second-order valence-electron chi connectivity index (χ2n) is 8.40. The molecule has 7 heteroatoms. The molecule has 0 bridgehead atoms. The third kappa shape index (κ3) is 5.02. The molecule has 1 aliphatic heterocycles. The Hall–Kier alpha value is -2.96. The summed E-state index contributed by atoms with van der Waals surface area (Å²) >= 11 is 6.03. The van der Waals surface area contributed by atoms with E-state index in [9.17, 15) is 13.8 Å². The van der Waals surface area contributed by atoms with E-state index in [1.165, 1.54) is 0 Å². The number of anilines is 1. The average molecular weight is 481 g/mol. The van der Waals surface area contributed by atoms with Crippen molar-refractivity contribution < 1.29 is 13.8 Å². The Kier molecular flexibility index (Phi) is 6.96. The molecule has 0 spiro atoms. The number of rotatable bonds is 6. The number of benzene rings is 3. The van der Waals surface area contributed by atoms with Gasteiger partial charge in [0.25, 0.3) is 11.8 Å². The number of amides is 2. The van der Waals surface area contributed by atoms with Crippen LogP contribution in [0.25, 0.3) is 0 Å². The predicted octanol–water partition coefficient (Wildman–Crippen LogP) is 5.44. The van der Waals surface area contributed by atoms with Gasteiger partial charge < -0.3 is 10.2 Å². The molecule has 0 saturated carbocycles. The number of hydrogen-bond acceptors (Lipinski definition) is 3. The second kappa shape index (κ2) is 9.89. The number of nitrogens with one attached hydrogen (secondary N) is 1. The third-order valence-electron chi connectivity index (χ3n) is 5.54. The van der Waals surface area contributed by atoms with Gasteiger partial charge in [0.2, 0.25) is 0 Å². The molecule has 0 unspecified atom stereocenters. The molecular weight excluding hydrogens is 456 g/mol. The molecule has 1 atom stereocenters. The van der Waals surface area contributed by atoms with Crippen molar-refractivity contribution in [1.29, 1.82) is 0 Å². The smallest absolute Gasteiger partial charge is 0.259 e. The van der Waals surface area contributed by atoms with Gasteiger partial charge in [-0.25, -0.2) is 4.21 Å². The average Bonchev–Trinajstić information content (AvgIpc) is 2.89. The topological polar surface area (TPSA) is 66.5 Å². The normalized spacial score (nSPS) is 15.1. The van der Waals surface area contributed by atoms with E-state index in [1.54, 1.807) is 59.5 Å². The van der Waals surface area contributed by atoms with E-state index >= 15 is 0 Å². The highest BCUT2D eigenvalue weighted by atomic mass is 35.5. The van der Waals surface area contributed by atoms with Crippen LogP contribution in [-0.4, -0.2) is 22.6 Å². The molecule has 4 rings (SSSR count). The molecule has 2 amide bonds. The van der Waals surface area contributed by atoms with Crippen LogP contribution in [0.5, 0.6) is 0 Å². The molecule has 0 saturated heterocycles. The van der Waals surface area contributed by atoms with E-state index in [4.69, 9.17) is 11.6 Å². The van der Waals surface area contributed by atoms with Crippen molar-refractivity contribution in [3.63, 3.8) is 0 Å². The van der Waals surface area contributed by atoms with Crippen LogP contribution in [0.2, 0.25) is 5.02 Å². The maximum Gasteiger partial charge on any atom is 0.259 e. The van der Waals surface area contributed by atoms with Gasteiger partial charge in [-0.1, -0.05) is 49.7 Å². The van der Waals surface area contributed by atoms with Gasteiger partial charge in [0.1, 0.15) is 0 Å². The Morgan fingerprint density at radius 2 is 1.76 bits per heavy atom. The number of carbonyl (C=O) groups is 2. The van der Waals surface area contributed by atoms with Crippen LogP contribution in [-0.2, 0) is 17.3 Å². The van der Waals surface area contributed by atoms with E-state index in [1.807, 2.05) is 12.1 Å². The molecule has 170 valence electrons. The lowest BCUT2D eigenvalue weighted by molar-refractivity contribution is 0.0948. The van der Waals surface area contributed by atoms with Crippen molar-refractivity contribution in [2.45, 2.75) is 36.6 Å². The molecule has 33 heavy (non-hydrogen) atoms. The van der Waals surface area contributed by atoms with Crippen molar-refractivity contribution in [2.24, 2.45) is 5.92 Å². The van der Waals surface area contributed by atoms with E-state index in [0.29, 0.717) is 44.1 Å². The van der Waals surface area contributed by atoms with Crippen molar-refractivity contribution in [3.05, 3.63) is 88.4 Å². The van der Waals surface area contributed by atoms with Crippen LogP contribution in [0.1, 0.15) is 46.5 Å². The standard InChI is InChI=1S/C26H25ClN2O3S/c1-17(2)13-14-28-25(30)19-9-12-24-22(15-19)29(16-18-7-10-20(27)11-8-18)26(31)21-5-3-4-6-23(21)33(24)32/h3-12,15,17H,13-14,16H2,1-2H3,(H,28,30)/t33-/m1/s1. The van der Waals surface area contributed by atoms with Crippen molar-refractivity contribution >= 4 is 39.9 Å². The lowest BCUT2D eigenvalue weighted by atomic mass is 10.1. The van der Waals surface area contributed by atoms with E-state index in [-0.39, 0.29) is 18.4 Å². The number of carbonyl (C=O) groups excluding carboxylic acids is 2. The molecule has 1 N–H and O–H groups in total. The zero-order chi connectivity index (χ0) is 23.5. The summed E-state index contributed by atoms with van der Waals surface area (Å²) < 4.78 is 13.5. The number of hydrogen-bond donors (Lipinski definition) is 1. The minimum atomic E-state index is -1.56. The van der Waals surface area contributed by atoms with E-state index < -0.39 is 10.8 Å². The lowest BCUT2D eigenvalue weighted by Gasteiger charge is -2.23. The number of fused-ring (bicyclic) bond motifs is 2. The van der Waals surface area contributed by atoms with Crippen LogP contribution in [0.3, 0.4) is 0 Å². The van der Waals surface area contributed by atoms with Gasteiger partial charge in [0.15, 0.2) is 0 Å². The maximum atomic E-state index is 13.6. The fourth-order valence-electron chi connectivity index (χ4n) is 3.71. The Labute approximate surface area is 201 Å². The summed E-state index contributed by atoms with van der Waals surface area (Å²) in [5.74, 6) is 0.000612. The molecule has 0 radical (unpaired) electrons. The van der Waals surface area contributed by atoms with Crippen molar-refractivity contribution in [2.75, 3.05) is 11.4 Å². The Bertz CT molecular complexity index is 1220. The van der Waals surface area contributed by atoms with Crippen LogP contribution in [0.4, 0.5) is 5.69 Å². The second-order valence-corrected chi connectivity index (χ2v) is 10.3. The largest absolute Gasteiger partial charge is 0.352 e. The first-order valence-electron chi connectivity index (χ1n) is 10.8. The van der Waals surface area contributed by atoms with E-state index in [2.05, 4.69) is 19.2 Å². The first-order valence-corrected chi connectivity index (χ1v) is 12.4. The van der Waals surface area contributed by atoms with Crippen LogP contribution < -0.4 is 10.2 Å². The zero-order valence-corrected chi connectivity index (χ0v) is 20.1. The predicted molar refractivity (Wildman–Crippen MR) is 131 cm³/mol. The number of halogens is 1. The van der Waals surface area contributed by atoms with Crippen molar-refractivity contribution in [3.8, 4) is 0 Å². The summed E-state index contributed by atoms with van der Waals surface area (Å²) in [6.07, 6.45) is 0.872. The fourth-order valence-corrected chi connectivity index (χ4v) is 5.18. The van der Waals surface area contributed by atoms with Gasteiger partial charge in [-0.2, -0.15) is 0 Å². The molecule has 3 aromatic carbocycles. The summed E-state index contributed by atoms with van der Waals surface area (Å²) in [6, 6.07) is 19.2.